The summed E-state index contributed by atoms with van der Waals surface area (Å²) in [5.41, 5.74) is 4.75. The number of carbonyl (C=O) groups is 2. The van der Waals surface area contributed by atoms with Gasteiger partial charge < -0.3 is 4.90 Å². The number of rotatable bonds is 2. The SMILES string of the molecule is CC(C)n1ncc2c1C(=O)C(C)C1(CCN(C(=O)c3ccc4c(c3)C=NC4)CC1)C2. The Bertz CT molecular complexity index is 1060. The standard InChI is InChI=1S/C24H28N4O2/c1-15(2)28-21-20(14-26-28)11-24(16(3)22(21)29)6-8-27(9-7-24)23(30)17-4-5-18-12-25-13-19(18)10-17/h4-5,10,13-16H,6-9,11-12H2,1-3H3. The van der Waals surface area contributed by atoms with Crippen molar-refractivity contribution < 1.29 is 9.59 Å². The number of hydrogen-bond acceptors (Lipinski definition) is 4. The quantitative estimate of drug-likeness (QED) is 0.767. The molecule has 0 saturated carbocycles. The summed E-state index contributed by atoms with van der Waals surface area (Å²) in [5.74, 6) is 0.240. The third-order valence-electron chi connectivity index (χ3n) is 7.38. The van der Waals surface area contributed by atoms with E-state index in [0.717, 1.165) is 41.6 Å². The number of likely N-dealkylation sites (tertiary alicyclic amines) is 1. The number of piperidine rings is 1. The van der Waals surface area contributed by atoms with E-state index in [-0.39, 0.29) is 29.1 Å². The van der Waals surface area contributed by atoms with Gasteiger partial charge in [0.25, 0.3) is 5.91 Å². The molecule has 0 radical (unpaired) electrons. The molecular formula is C24H28N4O2. The lowest BCUT2D eigenvalue weighted by molar-refractivity contribution is 0.0344. The van der Waals surface area contributed by atoms with Gasteiger partial charge in [0.2, 0.25) is 0 Å². The third kappa shape index (κ3) is 2.84. The van der Waals surface area contributed by atoms with Crippen LogP contribution in [0, 0.1) is 11.3 Å². The summed E-state index contributed by atoms with van der Waals surface area (Å²) >= 11 is 0. The maximum Gasteiger partial charge on any atom is 0.253 e. The lowest BCUT2D eigenvalue weighted by Crippen LogP contribution is -2.50. The number of hydrogen-bond donors (Lipinski definition) is 0. The molecular weight excluding hydrogens is 376 g/mol. The maximum absolute atomic E-state index is 13.3. The first-order valence-electron chi connectivity index (χ1n) is 10.9. The molecule has 3 aliphatic rings. The Kier molecular flexibility index (Phi) is 4.42. The van der Waals surface area contributed by atoms with Crippen molar-refractivity contribution in [2.75, 3.05) is 13.1 Å². The highest BCUT2D eigenvalue weighted by Crippen LogP contribution is 2.47. The summed E-state index contributed by atoms with van der Waals surface area (Å²) in [6.07, 6.45) is 6.31. The molecule has 0 N–H and O–H groups in total. The predicted octanol–water partition coefficient (Wildman–Crippen LogP) is 3.69. The smallest absolute Gasteiger partial charge is 0.253 e. The molecule has 1 spiro atoms. The Balaban J connectivity index is 1.34. The van der Waals surface area contributed by atoms with Gasteiger partial charge in [0, 0.05) is 42.4 Å². The van der Waals surface area contributed by atoms with Crippen molar-refractivity contribution in [3.8, 4) is 0 Å². The zero-order valence-corrected chi connectivity index (χ0v) is 17.9. The molecule has 1 aromatic heterocycles. The monoisotopic (exact) mass is 404 g/mol. The van der Waals surface area contributed by atoms with Crippen molar-refractivity contribution in [1.29, 1.82) is 0 Å². The Hall–Kier alpha value is -2.76. The molecule has 1 saturated heterocycles. The average molecular weight is 405 g/mol. The third-order valence-corrected chi connectivity index (χ3v) is 7.38. The maximum atomic E-state index is 13.3. The number of amides is 1. The van der Waals surface area contributed by atoms with E-state index in [2.05, 4.69) is 30.9 Å². The largest absolute Gasteiger partial charge is 0.339 e. The first-order chi connectivity index (χ1) is 14.4. The summed E-state index contributed by atoms with van der Waals surface area (Å²) in [5, 5.41) is 4.49. The highest BCUT2D eigenvalue weighted by molar-refractivity contribution is 5.99. The molecule has 156 valence electrons. The summed E-state index contributed by atoms with van der Waals surface area (Å²) in [6.45, 7) is 8.27. The number of Topliss-reactive ketones (excluding diaryl/α,β-unsaturated/α-hetero) is 1. The molecule has 6 heteroatoms. The van der Waals surface area contributed by atoms with Crippen LogP contribution >= 0.6 is 0 Å². The number of carbonyl (C=O) groups excluding carboxylic acids is 2. The second-order valence-corrected chi connectivity index (χ2v) is 9.36. The van der Waals surface area contributed by atoms with E-state index < -0.39 is 0 Å². The topological polar surface area (TPSA) is 67.6 Å². The fraction of sp³-hybridized carbons (Fsp3) is 0.500. The summed E-state index contributed by atoms with van der Waals surface area (Å²) < 4.78 is 1.87. The molecule has 3 heterocycles. The van der Waals surface area contributed by atoms with E-state index in [9.17, 15) is 9.59 Å². The lowest BCUT2D eigenvalue weighted by atomic mass is 9.61. The summed E-state index contributed by atoms with van der Waals surface area (Å²) in [6, 6.07) is 6.06. The number of fused-ring (bicyclic) bond motifs is 2. The van der Waals surface area contributed by atoms with E-state index in [0.29, 0.717) is 19.6 Å². The van der Waals surface area contributed by atoms with Crippen LogP contribution in [0.15, 0.2) is 29.4 Å². The molecule has 0 bridgehead atoms. The van der Waals surface area contributed by atoms with Crippen molar-refractivity contribution in [3.63, 3.8) is 0 Å². The van der Waals surface area contributed by atoms with Crippen LogP contribution in [0.5, 0.6) is 0 Å². The molecule has 1 amide bonds. The molecule has 2 aromatic rings. The number of benzene rings is 1. The number of nitrogens with zero attached hydrogens (tertiary/aromatic N) is 4. The zero-order chi connectivity index (χ0) is 21.0. The van der Waals surface area contributed by atoms with E-state index in [1.54, 1.807) is 0 Å². The Morgan fingerprint density at radius 1 is 1.20 bits per heavy atom. The molecule has 6 nitrogen and oxygen atoms in total. The molecule has 1 aromatic carbocycles. The predicted molar refractivity (Wildman–Crippen MR) is 115 cm³/mol. The van der Waals surface area contributed by atoms with Crippen LogP contribution in [0.4, 0.5) is 0 Å². The zero-order valence-electron chi connectivity index (χ0n) is 17.9. The van der Waals surface area contributed by atoms with Crippen LogP contribution in [0.2, 0.25) is 0 Å². The summed E-state index contributed by atoms with van der Waals surface area (Å²) in [7, 11) is 0. The van der Waals surface area contributed by atoms with Crippen LogP contribution in [0.3, 0.4) is 0 Å². The second-order valence-electron chi connectivity index (χ2n) is 9.36. The highest BCUT2D eigenvalue weighted by Gasteiger charge is 2.48. The minimum atomic E-state index is -0.0731. The minimum Gasteiger partial charge on any atom is -0.339 e. The van der Waals surface area contributed by atoms with Crippen LogP contribution in [-0.4, -0.2) is 45.7 Å². The Morgan fingerprint density at radius 2 is 1.97 bits per heavy atom. The molecule has 1 fully saturated rings. The first-order valence-corrected chi connectivity index (χ1v) is 10.9. The van der Waals surface area contributed by atoms with Crippen molar-refractivity contribution in [3.05, 3.63) is 52.3 Å². The second kappa shape index (κ2) is 6.89. The number of ketones is 1. The van der Waals surface area contributed by atoms with Crippen LogP contribution < -0.4 is 0 Å². The van der Waals surface area contributed by atoms with Gasteiger partial charge in [0.05, 0.1) is 12.7 Å². The van der Waals surface area contributed by atoms with Gasteiger partial charge in [0.1, 0.15) is 5.69 Å². The van der Waals surface area contributed by atoms with Crippen molar-refractivity contribution in [2.24, 2.45) is 16.3 Å². The van der Waals surface area contributed by atoms with E-state index in [4.69, 9.17) is 0 Å². The van der Waals surface area contributed by atoms with Gasteiger partial charge in [-0.15, -0.1) is 0 Å². The van der Waals surface area contributed by atoms with Gasteiger partial charge >= 0.3 is 0 Å². The molecule has 30 heavy (non-hydrogen) atoms. The molecule has 2 aliphatic heterocycles. The minimum absolute atomic E-state index is 0.0485. The van der Waals surface area contributed by atoms with Gasteiger partial charge in [-0.05, 0) is 61.8 Å². The van der Waals surface area contributed by atoms with Crippen LogP contribution in [0.1, 0.15) is 77.2 Å². The highest BCUT2D eigenvalue weighted by atomic mass is 16.2. The van der Waals surface area contributed by atoms with Gasteiger partial charge in [-0.1, -0.05) is 13.0 Å². The van der Waals surface area contributed by atoms with E-state index in [1.165, 1.54) is 5.56 Å². The molecule has 1 atom stereocenters. The lowest BCUT2D eigenvalue weighted by Gasteiger charge is -2.47. The summed E-state index contributed by atoms with van der Waals surface area (Å²) in [4.78, 5) is 32.6. The van der Waals surface area contributed by atoms with Crippen molar-refractivity contribution in [2.45, 2.75) is 52.6 Å². The van der Waals surface area contributed by atoms with Gasteiger partial charge in [-0.25, -0.2) is 0 Å². The molecule has 1 aliphatic carbocycles. The van der Waals surface area contributed by atoms with E-state index >= 15 is 0 Å². The normalized spacial score (nSPS) is 21.9. The fourth-order valence-corrected chi connectivity index (χ4v) is 5.39. The molecule has 5 rings (SSSR count). The fourth-order valence-electron chi connectivity index (χ4n) is 5.39. The van der Waals surface area contributed by atoms with Crippen LogP contribution in [-0.2, 0) is 13.0 Å². The van der Waals surface area contributed by atoms with Gasteiger partial charge in [0.15, 0.2) is 5.78 Å². The van der Waals surface area contributed by atoms with Gasteiger partial charge in [-0.2, -0.15) is 5.10 Å². The van der Waals surface area contributed by atoms with Crippen molar-refractivity contribution in [1.82, 2.24) is 14.7 Å². The Morgan fingerprint density at radius 3 is 2.70 bits per heavy atom. The van der Waals surface area contributed by atoms with Crippen molar-refractivity contribution >= 4 is 17.9 Å². The molecule has 1 unspecified atom stereocenters. The Labute approximate surface area is 177 Å². The first kappa shape index (κ1) is 19.2. The van der Waals surface area contributed by atoms with Gasteiger partial charge in [-0.3, -0.25) is 19.3 Å². The number of aromatic nitrogens is 2. The number of aliphatic imine (C=N–C) groups is 1. The van der Waals surface area contributed by atoms with E-state index in [1.807, 2.05) is 40.2 Å². The van der Waals surface area contributed by atoms with Crippen LogP contribution in [0.25, 0.3) is 0 Å². The average Bonchev–Trinajstić information content (AvgIpc) is 3.38.